The number of hydrogen-bond donors (Lipinski definition) is 2. The molecule has 2 saturated heterocycles. The standard InChI is InChI=1S/C23H31N3O5/c1-3-5-7-8-9-12-24-17-18(20(28)19(17)27)25-23-11-10-14(31-23)15-16(23)22(30)26(21(15)29)13-6-4-2/h10-11,14-16,24-25H,3-9,12-13H2,1-2H3. The molecule has 0 radical (unpaired) electrons. The average molecular weight is 430 g/mol. The molecule has 8 heteroatoms. The van der Waals surface area contributed by atoms with Gasteiger partial charge in [-0.25, -0.2) is 0 Å². The molecule has 31 heavy (non-hydrogen) atoms. The number of amides is 2. The highest BCUT2D eigenvalue weighted by atomic mass is 16.5. The highest BCUT2D eigenvalue weighted by Gasteiger charge is 2.68. The first-order valence-corrected chi connectivity index (χ1v) is 11.5. The van der Waals surface area contributed by atoms with E-state index >= 15 is 0 Å². The van der Waals surface area contributed by atoms with Crippen molar-refractivity contribution >= 4 is 23.2 Å². The minimum Gasteiger partial charge on any atom is -0.380 e. The summed E-state index contributed by atoms with van der Waals surface area (Å²) in [7, 11) is 0. The van der Waals surface area contributed by atoms with Gasteiger partial charge in [0.1, 0.15) is 17.3 Å². The summed E-state index contributed by atoms with van der Waals surface area (Å²) in [6.45, 7) is 5.16. The van der Waals surface area contributed by atoms with Gasteiger partial charge >= 0.3 is 0 Å². The Morgan fingerprint density at radius 3 is 2.39 bits per heavy atom. The van der Waals surface area contributed by atoms with Crippen molar-refractivity contribution in [2.75, 3.05) is 23.7 Å². The molecule has 168 valence electrons. The number of carbonyl (C=O) groups excluding carboxylic acids is 2. The highest BCUT2D eigenvalue weighted by molar-refractivity contribution is 6.07. The Labute approximate surface area is 181 Å². The molecule has 0 aliphatic carbocycles. The summed E-state index contributed by atoms with van der Waals surface area (Å²) in [4.78, 5) is 51.7. The van der Waals surface area contributed by atoms with E-state index in [4.69, 9.17) is 4.74 Å². The lowest BCUT2D eigenvalue weighted by atomic mass is 9.81. The minimum absolute atomic E-state index is 0.150. The number of nitrogens with zero attached hydrogens (tertiary/aromatic N) is 1. The van der Waals surface area contributed by atoms with E-state index in [1.54, 1.807) is 12.2 Å². The van der Waals surface area contributed by atoms with Gasteiger partial charge in [0.2, 0.25) is 11.8 Å². The zero-order valence-corrected chi connectivity index (χ0v) is 18.2. The van der Waals surface area contributed by atoms with Gasteiger partial charge < -0.3 is 15.4 Å². The Balaban J connectivity index is 1.48. The Morgan fingerprint density at radius 2 is 1.65 bits per heavy atom. The summed E-state index contributed by atoms with van der Waals surface area (Å²) < 4.78 is 6.01. The van der Waals surface area contributed by atoms with Gasteiger partial charge in [-0.15, -0.1) is 0 Å². The fourth-order valence-electron chi connectivity index (χ4n) is 4.95. The van der Waals surface area contributed by atoms with Gasteiger partial charge in [0.15, 0.2) is 5.72 Å². The van der Waals surface area contributed by atoms with Gasteiger partial charge in [-0.3, -0.25) is 24.1 Å². The summed E-state index contributed by atoms with van der Waals surface area (Å²) in [5.41, 5.74) is -2.04. The molecule has 2 fully saturated rings. The third-order valence-corrected chi connectivity index (χ3v) is 6.67. The Hall–Kier alpha value is -2.48. The molecule has 2 bridgehead atoms. The smallest absolute Gasteiger partial charge is 0.253 e. The van der Waals surface area contributed by atoms with Crippen LogP contribution in [0.2, 0.25) is 0 Å². The number of likely N-dealkylation sites (tertiary alicyclic amines) is 1. The van der Waals surface area contributed by atoms with Crippen LogP contribution in [0.3, 0.4) is 0 Å². The van der Waals surface area contributed by atoms with Crippen LogP contribution >= 0.6 is 0 Å². The van der Waals surface area contributed by atoms with Crippen molar-refractivity contribution in [1.29, 1.82) is 0 Å². The molecule has 2 N–H and O–H groups in total. The number of nitrogens with one attached hydrogen (secondary N) is 2. The molecule has 3 aliphatic heterocycles. The lowest BCUT2D eigenvalue weighted by molar-refractivity contribution is -0.143. The number of anilines is 2. The predicted molar refractivity (Wildman–Crippen MR) is 118 cm³/mol. The van der Waals surface area contributed by atoms with E-state index in [2.05, 4.69) is 17.6 Å². The molecule has 0 saturated carbocycles. The van der Waals surface area contributed by atoms with E-state index in [0.717, 1.165) is 38.5 Å². The maximum absolute atomic E-state index is 13.1. The SMILES string of the molecule is CCCCCCCNc1c(NC23C=CC(O2)C2C(=O)N(CCCC)C(=O)C23)c(=O)c1=O. The van der Waals surface area contributed by atoms with Crippen LogP contribution in [0.4, 0.5) is 11.4 Å². The van der Waals surface area contributed by atoms with Crippen molar-refractivity contribution in [3.63, 3.8) is 0 Å². The summed E-state index contributed by atoms with van der Waals surface area (Å²) in [5, 5.41) is 6.13. The zero-order valence-electron chi connectivity index (χ0n) is 18.2. The predicted octanol–water partition coefficient (Wildman–Crippen LogP) is 2.14. The second kappa shape index (κ2) is 8.57. The number of carbonyl (C=O) groups is 2. The molecule has 3 heterocycles. The Bertz CT molecular complexity index is 963. The van der Waals surface area contributed by atoms with Gasteiger partial charge in [0.25, 0.3) is 10.9 Å². The first kappa shape index (κ1) is 21.7. The minimum atomic E-state index is -1.26. The number of ether oxygens (including phenoxy) is 1. The maximum atomic E-state index is 13.1. The van der Waals surface area contributed by atoms with Gasteiger partial charge in [0.05, 0.1) is 12.0 Å². The van der Waals surface area contributed by atoms with Crippen LogP contribution in [0.1, 0.15) is 58.8 Å². The first-order valence-electron chi connectivity index (χ1n) is 11.5. The Kier molecular flexibility index (Phi) is 6.01. The molecule has 2 amide bonds. The molecule has 8 nitrogen and oxygen atoms in total. The van der Waals surface area contributed by atoms with Crippen LogP contribution in [0.25, 0.3) is 0 Å². The van der Waals surface area contributed by atoms with Crippen LogP contribution in [0, 0.1) is 11.8 Å². The van der Waals surface area contributed by atoms with Crippen molar-refractivity contribution in [3.8, 4) is 0 Å². The Morgan fingerprint density at radius 1 is 0.935 bits per heavy atom. The second-order valence-corrected chi connectivity index (χ2v) is 8.79. The van der Waals surface area contributed by atoms with Gasteiger partial charge in [-0.1, -0.05) is 52.0 Å². The zero-order chi connectivity index (χ0) is 22.2. The number of imide groups is 1. The molecular formula is C23H31N3O5. The van der Waals surface area contributed by atoms with E-state index < -0.39 is 34.5 Å². The molecule has 3 aliphatic rings. The van der Waals surface area contributed by atoms with E-state index in [-0.39, 0.29) is 23.2 Å². The molecule has 1 aromatic rings. The molecule has 0 spiro atoms. The molecule has 0 aromatic heterocycles. The van der Waals surface area contributed by atoms with E-state index in [9.17, 15) is 19.2 Å². The van der Waals surface area contributed by atoms with Crippen LogP contribution in [0.5, 0.6) is 0 Å². The van der Waals surface area contributed by atoms with Gasteiger partial charge in [-0.05, 0) is 18.9 Å². The van der Waals surface area contributed by atoms with E-state index in [0.29, 0.717) is 13.1 Å². The van der Waals surface area contributed by atoms with Crippen molar-refractivity contribution < 1.29 is 14.3 Å². The van der Waals surface area contributed by atoms with Crippen LogP contribution in [-0.2, 0) is 14.3 Å². The number of unbranched alkanes of at least 4 members (excludes halogenated alkanes) is 5. The molecular weight excluding hydrogens is 398 g/mol. The van der Waals surface area contributed by atoms with E-state index in [1.165, 1.54) is 11.3 Å². The number of fused-ring (bicyclic) bond motifs is 5. The lowest BCUT2D eigenvalue weighted by Crippen LogP contribution is -2.50. The summed E-state index contributed by atoms with van der Waals surface area (Å²) in [6.07, 6.45) is 10.1. The summed E-state index contributed by atoms with van der Waals surface area (Å²) in [6, 6.07) is 0. The third kappa shape index (κ3) is 3.50. The fourth-order valence-corrected chi connectivity index (χ4v) is 4.95. The maximum Gasteiger partial charge on any atom is 0.253 e. The topological polar surface area (TPSA) is 105 Å². The molecule has 1 aromatic carbocycles. The van der Waals surface area contributed by atoms with Crippen LogP contribution < -0.4 is 21.5 Å². The van der Waals surface area contributed by atoms with Crippen molar-refractivity contribution in [2.45, 2.75) is 70.6 Å². The molecule has 4 unspecified atom stereocenters. The second-order valence-electron chi connectivity index (χ2n) is 8.79. The fraction of sp³-hybridized carbons (Fsp3) is 0.652. The molecule has 4 rings (SSSR count). The number of rotatable bonds is 12. The summed E-state index contributed by atoms with van der Waals surface area (Å²) >= 11 is 0. The average Bonchev–Trinajstić information content (AvgIpc) is 3.41. The van der Waals surface area contributed by atoms with Crippen molar-refractivity contribution in [3.05, 3.63) is 32.6 Å². The number of hydrogen-bond acceptors (Lipinski definition) is 7. The van der Waals surface area contributed by atoms with Gasteiger partial charge in [-0.2, -0.15) is 0 Å². The third-order valence-electron chi connectivity index (χ3n) is 6.67. The van der Waals surface area contributed by atoms with Gasteiger partial charge in [0, 0.05) is 13.1 Å². The van der Waals surface area contributed by atoms with Crippen LogP contribution in [-0.4, -0.2) is 41.6 Å². The van der Waals surface area contributed by atoms with Crippen molar-refractivity contribution in [2.24, 2.45) is 11.8 Å². The van der Waals surface area contributed by atoms with Crippen LogP contribution in [0.15, 0.2) is 21.7 Å². The normalized spacial score (nSPS) is 28.7. The summed E-state index contributed by atoms with van der Waals surface area (Å²) in [5.74, 6) is -1.79. The monoisotopic (exact) mass is 429 g/mol. The lowest BCUT2D eigenvalue weighted by Gasteiger charge is -2.32. The largest absolute Gasteiger partial charge is 0.380 e. The highest BCUT2D eigenvalue weighted by Crippen LogP contribution is 2.52. The first-order chi connectivity index (χ1) is 14.9. The van der Waals surface area contributed by atoms with Crippen molar-refractivity contribution in [1.82, 2.24) is 4.90 Å². The molecule has 4 atom stereocenters. The van der Waals surface area contributed by atoms with E-state index in [1.807, 2.05) is 6.92 Å². The quantitative estimate of drug-likeness (QED) is 0.227.